The number of aryl methyl sites for hydroxylation is 2. The van der Waals surface area contributed by atoms with Crippen molar-refractivity contribution >= 4 is 11.2 Å². The van der Waals surface area contributed by atoms with Gasteiger partial charge in [-0.25, -0.2) is 9.78 Å². The molecule has 0 aliphatic rings. The van der Waals surface area contributed by atoms with E-state index in [1.165, 1.54) is 4.57 Å². The van der Waals surface area contributed by atoms with Gasteiger partial charge in [-0.1, -0.05) is 0 Å². The number of rotatable bonds is 1. The van der Waals surface area contributed by atoms with Gasteiger partial charge in [0.2, 0.25) is 0 Å². The molecule has 0 atom stereocenters. The minimum Gasteiger partial charge on any atom is -0.336 e. The zero-order valence-corrected chi connectivity index (χ0v) is 7.92. The lowest BCUT2D eigenvalue weighted by molar-refractivity contribution is 0.719. The van der Waals surface area contributed by atoms with Crippen LogP contribution in [-0.4, -0.2) is 19.5 Å². The third-order valence-electron chi connectivity index (χ3n) is 2.07. The monoisotopic (exact) mass is 194 g/mol. The second-order valence-corrected chi connectivity index (χ2v) is 3.02. The van der Waals surface area contributed by atoms with E-state index in [0.717, 1.165) is 0 Å². The Bertz CT molecular complexity index is 589. The molecule has 0 unspecified atom stereocenters. The van der Waals surface area contributed by atoms with Gasteiger partial charge in [0.05, 0.1) is 0 Å². The van der Waals surface area contributed by atoms with Crippen LogP contribution in [0.3, 0.4) is 0 Å². The number of nitrogens with zero attached hydrogens (tertiary/aromatic N) is 2. The molecule has 6 nitrogen and oxygen atoms in total. The highest BCUT2D eigenvalue weighted by Gasteiger charge is 2.09. The van der Waals surface area contributed by atoms with Crippen molar-refractivity contribution in [2.24, 2.45) is 0 Å². The fourth-order valence-electron chi connectivity index (χ4n) is 1.45. The third kappa shape index (κ3) is 1.07. The topological polar surface area (TPSA) is 83.5 Å². The summed E-state index contributed by atoms with van der Waals surface area (Å²) in [6.07, 6.45) is 0. The van der Waals surface area contributed by atoms with Crippen molar-refractivity contribution in [1.82, 2.24) is 19.5 Å². The highest BCUT2D eigenvalue weighted by Crippen LogP contribution is 2.02. The molecule has 2 rings (SSSR count). The van der Waals surface area contributed by atoms with Gasteiger partial charge in [-0.05, 0) is 13.8 Å². The Kier molecular flexibility index (Phi) is 1.77. The Labute approximate surface area is 78.6 Å². The number of aromatic nitrogens is 4. The zero-order valence-electron chi connectivity index (χ0n) is 7.92. The fraction of sp³-hybridized carbons (Fsp3) is 0.375. The summed E-state index contributed by atoms with van der Waals surface area (Å²) in [5, 5.41) is 0. The Morgan fingerprint density at radius 1 is 1.36 bits per heavy atom. The maximum atomic E-state index is 11.3. The molecule has 0 saturated carbocycles. The molecular weight excluding hydrogens is 184 g/mol. The Balaban J connectivity index is 3.05. The predicted molar refractivity (Wildman–Crippen MR) is 51.4 cm³/mol. The van der Waals surface area contributed by atoms with Crippen LogP contribution in [0, 0.1) is 6.92 Å². The first kappa shape index (κ1) is 8.74. The second-order valence-electron chi connectivity index (χ2n) is 3.02. The van der Waals surface area contributed by atoms with Gasteiger partial charge in [0.1, 0.15) is 11.3 Å². The van der Waals surface area contributed by atoms with Crippen molar-refractivity contribution < 1.29 is 0 Å². The van der Waals surface area contributed by atoms with Gasteiger partial charge in [-0.2, -0.15) is 0 Å². The molecule has 0 aromatic carbocycles. The van der Waals surface area contributed by atoms with E-state index in [4.69, 9.17) is 0 Å². The quantitative estimate of drug-likeness (QED) is 0.656. The van der Waals surface area contributed by atoms with Crippen LogP contribution in [-0.2, 0) is 6.54 Å². The summed E-state index contributed by atoms with van der Waals surface area (Å²) in [6.45, 7) is 4.05. The summed E-state index contributed by atoms with van der Waals surface area (Å²) in [5.74, 6) is 0.623. The van der Waals surface area contributed by atoms with Crippen LogP contribution in [0.15, 0.2) is 9.59 Å². The molecule has 0 aliphatic carbocycles. The van der Waals surface area contributed by atoms with Gasteiger partial charge in [0, 0.05) is 6.54 Å². The lowest BCUT2D eigenvalue weighted by Crippen LogP contribution is -2.29. The summed E-state index contributed by atoms with van der Waals surface area (Å²) in [6, 6.07) is 0. The summed E-state index contributed by atoms with van der Waals surface area (Å²) in [7, 11) is 0. The van der Waals surface area contributed by atoms with Crippen molar-refractivity contribution in [3.63, 3.8) is 0 Å². The first-order valence-corrected chi connectivity index (χ1v) is 4.33. The second kappa shape index (κ2) is 2.83. The Hall–Kier alpha value is -1.85. The standard InChI is InChI=1S/C8H10N4O2/c1-3-12-6-5(9-4(2)10-6)7(13)11-8(12)14/h3H2,1-2H3,(H,9,10)(H,11,13,14). The van der Waals surface area contributed by atoms with Crippen molar-refractivity contribution in [3.8, 4) is 0 Å². The van der Waals surface area contributed by atoms with E-state index in [-0.39, 0.29) is 0 Å². The number of fused-ring (bicyclic) bond motifs is 1. The summed E-state index contributed by atoms with van der Waals surface area (Å²) in [5.41, 5.74) is -0.0745. The number of nitrogens with one attached hydrogen (secondary N) is 2. The largest absolute Gasteiger partial charge is 0.336 e. The van der Waals surface area contributed by atoms with Crippen molar-refractivity contribution in [1.29, 1.82) is 0 Å². The van der Waals surface area contributed by atoms with Gasteiger partial charge >= 0.3 is 5.69 Å². The normalized spacial score (nSPS) is 11.0. The zero-order chi connectivity index (χ0) is 10.3. The van der Waals surface area contributed by atoms with Crippen LogP contribution in [0.2, 0.25) is 0 Å². The predicted octanol–water partition coefficient (Wildman–Crippen LogP) is -0.259. The van der Waals surface area contributed by atoms with Crippen LogP contribution in [0.25, 0.3) is 11.2 Å². The fourth-order valence-corrected chi connectivity index (χ4v) is 1.45. The number of H-pyrrole nitrogens is 2. The maximum absolute atomic E-state index is 11.3. The minimum atomic E-state index is -0.421. The van der Waals surface area contributed by atoms with E-state index < -0.39 is 11.2 Å². The lowest BCUT2D eigenvalue weighted by Gasteiger charge is -1.99. The third-order valence-corrected chi connectivity index (χ3v) is 2.07. The van der Waals surface area contributed by atoms with Crippen molar-refractivity contribution in [2.45, 2.75) is 20.4 Å². The highest BCUT2D eigenvalue weighted by molar-refractivity contribution is 5.69. The molecule has 74 valence electrons. The summed E-state index contributed by atoms with van der Waals surface area (Å²) in [4.78, 5) is 31.8. The number of imidazole rings is 1. The number of aromatic amines is 2. The van der Waals surface area contributed by atoms with E-state index in [1.54, 1.807) is 6.92 Å². The van der Waals surface area contributed by atoms with E-state index in [9.17, 15) is 9.59 Å². The molecule has 6 heteroatoms. The van der Waals surface area contributed by atoms with Gasteiger partial charge in [-0.15, -0.1) is 0 Å². The van der Waals surface area contributed by atoms with E-state index in [1.807, 2.05) is 6.92 Å². The molecule has 2 aromatic heterocycles. The van der Waals surface area contributed by atoms with Gasteiger partial charge in [0.25, 0.3) is 5.56 Å². The number of hydrogen-bond acceptors (Lipinski definition) is 3. The molecule has 0 amide bonds. The molecule has 0 radical (unpaired) electrons. The molecular formula is C8H10N4O2. The van der Waals surface area contributed by atoms with E-state index in [0.29, 0.717) is 23.5 Å². The van der Waals surface area contributed by atoms with Crippen molar-refractivity contribution in [3.05, 3.63) is 26.7 Å². The molecule has 0 spiro atoms. The molecule has 14 heavy (non-hydrogen) atoms. The van der Waals surface area contributed by atoms with Gasteiger partial charge < -0.3 is 4.98 Å². The molecule has 2 heterocycles. The molecule has 0 bridgehead atoms. The van der Waals surface area contributed by atoms with Crippen LogP contribution in [0.1, 0.15) is 12.7 Å². The highest BCUT2D eigenvalue weighted by atomic mass is 16.2. The molecule has 2 aromatic rings. The lowest BCUT2D eigenvalue weighted by atomic mass is 10.5. The van der Waals surface area contributed by atoms with E-state index in [2.05, 4.69) is 15.0 Å². The first-order chi connectivity index (χ1) is 6.63. The first-order valence-electron chi connectivity index (χ1n) is 4.33. The van der Waals surface area contributed by atoms with Crippen molar-refractivity contribution in [2.75, 3.05) is 0 Å². The Morgan fingerprint density at radius 2 is 2.07 bits per heavy atom. The summed E-state index contributed by atoms with van der Waals surface area (Å²) < 4.78 is 1.42. The van der Waals surface area contributed by atoms with Crippen LogP contribution >= 0.6 is 0 Å². The molecule has 0 fully saturated rings. The average molecular weight is 194 g/mol. The van der Waals surface area contributed by atoms with Crippen LogP contribution < -0.4 is 11.2 Å². The smallest absolute Gasteiger partial charge is 0.330 e. The molecule has 2 N–H and O–H groups in total. The van der Waals surface area contributed by atoms with Gasteiger partial charge in [-0.3, -0.25) is 14.3 Å². The van der Waals surface area contributed by atoms with Crippen LogP contribution in [0.5, 0.6) is 0 Å². The molecule has 0 saturated heterocycles. The van der Waals surface area contributed by atoms with E-state index >= 15 is 0 Å². The summed E-state index contributed by atoms with van der Waals surface area (Å²) >= 11 is 0. The van der Waals surface area contributed by atoms with Gasteiger partial charge in [0.15, 0.2) is 5.65 Å². The average Bonchev–Trinajstić information content (AvgIpc) is 2.48. The Morgan fingerprint density at radius 3 is 2.71 bits per heavy atom. The molecule has 0 aliphatic heterocycles. The SMILES string of the molecule is CCn1c(=O)[nH]c(=O)c2[nH]c(C)nc21. The maximum Gasteiger partial charge on any atom is 0.330 e. The minimum absolute atomic E-state index is 0.351. The number of hydrogen-bond donors (Lipinski definition) is 2. The van der Waals surface area contributed by atoms with Crippen LogP contribution in [0.4, 0.5) is 0 Å².